The molecule has 0 aromatic heterocycles. The van der Waals surface area contributed by atoms with Crippen LogP contribution < -0.4 is 0 Å². The molecule has 31 heavy (non-hydrogen) atoms. The number of benzene rings is 1. The van der Waals surface area contributed by atoms with Crippen LogP contribution in [0.25, 0.3) is 0 Å². The largest absolute Gasteiger partial charge is 0.512 e. The topological polar surface area (TPSA) is 112 Å². The van der Waals surface area contributed by atoms with Crippen molar-refractivity contribution in [1.82, 2.24) is 0 Å². The zero-order chi connectivity index (χ0) is 23.3. The normalized spacial score (nSPS) is 21.1. The number of aromatic hydroxyl groups is 1. The van der Waals surface area contributed by atoms with Gasteiger partial charge in [-0.05, 0) is 35.4 Å². The Labute approximate surface area is 182 Å². The fourth-order valence-electron chi connectivity index (χ4n) is 4.82. The van der Waals surface area contributed by atoms with Crippen LogP contribution in [0.4, 0.5) is 0 Å². The van der Waals surface area contributed by atoms with E-state index >= 15 is 0 Å². The van der Waals surface area contributed by atoms with Crippen LogP contribution in [0.5, 0.6) is 5.75 Å². The molecule has 0 radical (unpaired) electrons. The number of Topliss-reactive ketones (excluding diaryl/α,β-unsaturated/α-hetero) is 3. The van der Waals surface area contributed by atoms with Crippen LogP contribution >= 0.6 is 0 Å². The first-order valence-electron chi connectivity index (χ1n) is 10.5. The van der Waals surface area contributed by atoms with Crippen LogP contribution in [0.1, 0.15) is 82.1 Å². The summed E-state index contributed by atoms with van der Waals surface area (Å²) in [5, 5.41) is 31.7. The van der Waals surface area contributed by atoms with Crippen LogP contribution in [-0.2, 0) is 9.59 Å². The van der Waals surface area contributed by atoms with Gasteiger partial charge >= 0.3 is 0 Å². The maximum atomic E-state index is 13.2. The van der Waals surface area contributed by atoms with Crippen LogP contribution in [0.15, 0.2) is 40.9 Å². The number of aliphatic hydroxyl groups is 2. The van der Waals surface area contributed by atoms with E-state index < -0.39 is 16.7 Å². The summed E-state index contributed by atoms with van der Waals surface area (Å²) in [6.07, 6.45) is 0.825. The Hall–Kier alpha value is -2.89. The second-order valence-corrected chi connectivity index (χ2v) is 10.4. The molecule has 0 saturated carbocycles. The van der Waals surface area contributed by atoms with Gasteiger partial charge in [0, 0.05) is 48.3 Å². The van der Waals surface area contributed by atoms with Crippen LogP contribution in [0.2, 0.25) is 0 Å². The van der Waals surface area contributed by atoms with Crippen LogP contribution in [0.3, 0.4) is 0 Å². The average Bonchev–Trinajstić information content (AvgIpc) is 2.57. The van der Waals surface area contributed by atoms with Crippen molar-refractivity contribution in [2.75, 3.05) is 0 Å². The quantitative estimate of drug-likeness (QED) is 0.579. The fourth-order valence-corrected chi connectivity index (χ4v) is 4.82. The lowest BCUT2D eigenvalue weighted by molar-refractivity contribution is -0.119. The molecule has 2 aliphatic carbocycles. The molecule has 0 aliphatic heterocycles. The first-order valence-corrected chi connectivity index (χ1v) is 10.5. The van der Waals surface area contributed by atoms with E-state index in [9.17, 15) is 29.7 Å². The molecule has 0 saturated heterocycles. The van der Waals surface area contributed by atoms with Crippen molar-refractivity contribution in [2.45, 2.75) is 66.2 Å². The minimum absolute atomic E-state index is 0.0436. The molecule has 0 spiro atoms. The van der Waals surface area contributed by atoms with Gasteiger partial charge in [0.05, 0.1) is 0 Å². The Kier molecular flexibility index (Phi) is 5.63. The predicted molar refractivity (Wildman–Crippen MR) is 116 cm³/mol. The number of rotatable bonds is 4. The lowest BCUT2D eigenvalue weighted by Crippen LogP contribution is -2.34. The number of phenolic OH excluding ortho intramolecular Hbond substituents is 1. The highest BCUT2D eigenvalue weighted by Crippen LogP contribution is 2.48. The predicted octanol–water partition coefficient (Wildman–Crippen LogP) is 5.08. The highest BCUT2D eigenvalue weighted by Gasteiger charge is 2.44. The van der Waals surface area contributed by atoms with Gasteiger partial charge in [0.2, 0.25) is 0 Å². The standard InChI is InChI=1S/C25H30O6/c1-13(26)16-8-14(27)6-7-15(16)21(22-17(28)9-24(2,3)10-18(22)29)23-19(30)11-25(4,5)12-20(23)31/h6-8,21,27-28,30H,9-12H2,1-5H3. The monoisotopic (exact) mass is 426 g/mol. The first kappa shape index (κ1) is 22.8. The summed E-state index contributed by atoms with van der Waals surface area (Å²) in [5.41, 5.74) is -0.342. The second kappa shape index (κ2) is 7.66. The van der Waals surface area contributed by atoms with E-state index in [0.717, 1.165) is 0 Å². The number of ketones is 3. The smallest absolute Gasteiger partial charge is 0.163 e. The molecule has 2 aliphatic rings. The van der Waals surface area contributed by atoms with Crippen molar-refractivity contribution in [2.24, 2.45) is 10.8 Å². The lowest BCUT2D eigenvalue weighted by Gasteiger charge is -2.37. The van der Waals surface area contributed by atoms with Crippen molar-refractivity contribution in [3.63, 3.8) is 0 Å². The Morgan fingerprint density at radius 3 is 1.68 bits per heavy atom. The van der Waals surface area contributed by atoms with E-state index in [1.807, 2.05) is 27.7 Å². The van der Waals surface area contributed by atoms with Gasteiger partial charge in [-0.1, -0.05) is 33.8 Å². The highest BCUT2D eigenvalue weighted by molar-refractivity contribution is 6.07. The zero-order valence-corrected chi connectivity index (χ0v) is 18.7. The minimum atomic E-state index is -1.08. The van der Waals surface area contributed by atoms with E-state index in [1.54, 1.807) is 0 Å². The molecule has 0 unspecified atom stereocenters. The first-order chi connectivity index (χ1) is 14.2. The molecular weight excluding hydrogens is 396 g/mol. The molecule has 0 amide bonds. The maximum absolute atomic E-state index is 13.2. The molecule has 0 atom stereocenters. The van der Waals surface area contributed by atoms with Gasteiger partial charge in [-0.15, -0.1) is 0 Å². The SMILES string of the molecule is CC(=O)c1cc(O)ccc1C(C1=C(O)CC(C)(C)CC1=O)C1=C(O)CC(C)(C)CC1=O. The molecule has 0 heterocycles. The van der Waals surface area contributed by atoms with Crippen molar-refractivity contribution in [3.8, 4) is 5.75 Å². The van der Waals surface area contributed by atoms with Crippen molar-refractivity contribution in [1.29, 1.82) is 0 Å². The van der Waals surface area contributed by atoms with Gasteiger partial charge in [0.15, 0.2) is 17.3 Å². The summed E-state index contributed by atoms with van der Waals surface area (Å²) in [7, 11) is 0. The van der Waals surface area contributed by atoms with Crippen LogP contribution in [-0.4, -0.2) is 32.7 Å². The molecule has 0 fully saturated rings. The Balaban J connectivity index is 2.34. The third-order valence-electron chi connectivity index (χ3n) is 6.10. The highest BCUT2D eigenvalue weighted by atomic mass is 16.3. The average molecular weight is 427 g/mol. The molecule has 1 aromatic rings. The number of carbonyl (C=O) groups is 3. The van der Waals surface area contributed by atoms with E-state index in [2.05, 4.69) is 0 Å². The van der Waals surface area contributed by atoms with Gasteiger partial charge in [-0.25, -0.2) is 0 Å². The summed E-state index contributed by atoms with van der Waals surface area (Å²) in [6, 6.07) is 4.14. The summed E-state index contributed by atoms with van der Waals surface area (Å²) in [6.45, 7) is 8.83. The van der Waals surface area contributed by atoms with Crippen molar-refractivity contribution < 1.29 is 29.7 Å². The number of phenols is 1. The number of hydrogen-bond donors (Lipinski definition) is 3. The Morgan fingerprint density at radius 1 is 0.839 bits per heavy atom. The molecule has 3 N–H and O–H groups in total. The molecule has 6 heteroatoms. The number of carbonyl (C=O) groups excluding carboxylic acids is 3. The van der Waals surface area contributed by atoms with Crippen molar-refractivity contribution >= 4 is 17.3 Å². The Bertz CT molecular complexity index is 986. The van der Waals surface area contributed by atoms with E-state index in [-0.39, 0.29) is 77.0 Å². The lowest BCUT2D eigenvalue weighted by atomic mass is 9.66. The number of aliphatic hydroxyl groups excluding tert-OH is 2. The number of hydrogen-bond acceptors (Lipinski definition) is 6. The van der Waals surface area contributed by atoms with Gasteiger partial charge in [-0.3, -0.25) is 14.4 Å². The van der Waals surface area contributed by atoms with Gasteiger partial charge in [0.1, 0.15) is 17.3 Å². The van der Waals surface area contributed by atoms with Gasteiger partial charge in [-0.2, -0.15) is 0 Å². The molecular formula is C25H30O6. The molecule has 0 bridgehead atoms. The van der Waals surface area contributed by atoms with E-state index in [0.29, 0.717) is 5.56 Å². The van der Waals surface area contributed by atoms with Crippen LogP contribution in [0, 0.1) is 10.8 Å². The molecule has 166 valence electrons. The Morgan fingerprint density at radius 2 is 1.29 bits per heavy atom. The maximum Gasteiger partial charge on any atom is 0.163 e. The van der Waals surface area contributed by atoms with Crippen molar-refractivity contribution in [3.05, 3.63) is 52.0 Å². The third-order valence-corrected chi connectivity index (χ3v) is 6.10. The summed E-state index contributed by atoms with van der Waals surface area (Å²) < 4.78 is 0. The molecule has 3 rings (SSSR count). The van der Waals surface area contributed by atoms with E-state index in [1.165, 1.54) is 25.1 Å². The number of allylic oxidation sites excluding steroid dienone is 4. The summed E-state index contributed by atoms with van der Waals surface area (Å²) >= 11 is 0. The molecule has 6 nitrogen and oxygen atoms in total. The van der Waals surface area contributed by atoms with Gasteiger partial charge < -0.3 is 15.3 Å². The fraction of sp³-hybridized carbons (Fsp3) is 0.480. The van der Waals surface area contributed by atoms with Gasteiger partial charge in [0.25, 0.3) is 0 Å². The summed E-state index contributed by atoms with van der Waals surface area (Å²) in [4.78, 5) is 38.8. The zero-order valence-electron chi connectivity index (χ0n) is 18.7. The molecule has 1 aromatic carbocycles. The second-order valence-electron chi connectivity index (χ2n) is 10.4. The van der Waals surface area contributed by atoms with E-state index in [4.69, 9.17) is 0 Å². The third kappa shape index (κ3) is 4.43. The summed E-state index contributed by atoms with van der Waals surface area (Å²) in [5.74, 6) is -2.47. The minimum Gasteiger partial charge on any atom is -0.512 e.